The highest BCUT2D eigenvalue weighted by Gasteiger charge is 2.30. The Kier molecular flexibility index (Phi) is 10.0. The molecule has 0 aromatic heterocycles. The lowest BCUT2D eigenvalue weighted by Crippen LogP contribution is -2.24. The average molecular weight is 350 g/mol. The fourth-order valence-electron chi connectivity index (χ4n) is 2.86. The summed E-state index contributed by atoms with van der Waals surface area (Å²) in [6, 6.07) is 0. The Morgan fingerprint density at radius 2 is 1.57 bits per heavy atom. The van der Waals surface area contributed by atoms with Crippen LogP contribution in [-0.4, -0.2) is 34.3 Å². The first-order chi connectivity index (χ1) is 10.6. The Bertz CT molecular complexity index is 428. The van der Waals surface area contributed by atoms with E-state index < -0.39 is 10.0 Å². The molecule has 0 aliphatic heterocycles. The van der Waals surface area contributed by atoms with Gasteiger partial charge in [-0.15, -0.1) is 0 Å². The lowest BCUT2D eigenvalue weighted by Gasteiger charge is -2.17. The highest BCUT2D eigenvalue weighted by molar-refractivity contribution is 7.88. The number of methoxy groups -OCH3 is 1. The zero-order chi connectivity index (χ0) is 18.1. The number of hydrogen-bond acceptors (Lipinski definition) is 4. The second-order valence-electron chi connectivity index (χ2n) is 7.12. The predicted molar refractivity (Wildman–Crippen MR) is 94.7 cm³/mol. The van der Waals surface area contributed by atoms with Crippen LogP contribution in [0.1, 0.15) is 66.2 Å². The number of nitrogens with one attached hydrogen (secondary N) is 1. The Morgan fingerprint density at radius 3 is 1.65 bits per heavy atom. The Hall–Kier alpha value is -0.620. The molecule has 0 aromatic rings. The van der Waals surface area contributed by atoms with Crippen molar-refractivity contribution in [3.05, 3.63) is 0 Å². The summed E-state index contributed by atoms with van der Waals surface area (Å²) in [5, 5.41) is 0. The maximum absolute atomic E-state index is 10.8. The van der Waals surface area contributed by atoms with E-state index in [1.807, 2.05) is 20.8 Å². The van der Waals surface area contributed by atoms with E-state index in [1.165, 1.54) is 18.9 Å². The van der Waals surface area contributed by atoms with Crippen molar-refractivity contribution in [2.24, 2.45) is 17.3 Å². The van der Waals surface area contributed by atoms with E-state index in [0.29, 0.717) is 6.54 Å². The molecule has 2 aliphatic rings. The third kappa shape index (κ3) is 9.97. The summed E-state index contributed by atoms with van der Waals surface area (Å²) in [7, 11) is -1.51. The molecule has 0 atom stereocenters. The highest BCUT2D eigenvalue weighted by atomic mass is 32.2. The molecular formula is C17H35NO4S. The molecule has 0 saturated heterocycles. The molecule has 138 valence electrons. The smallest absolute Gasteiger partial charge is 0.311 e. The molecule has 2 fully saturated rings. The molecule has 0 heterocycles. The van der Waals surface area contributed by atoms with Crippen molar-refractivity contribution in [1.82, 2.24) is 4.72 Å². The molecule has 0 amide bonds. The molecule has 1 N–H and O–H groups in total. The summed E-state index contributed by atoms with van der Waals surface area (Å²) in [4.78, 5) is 10.8. The Balaban J connectivity index is 0.000000318. The normalized spacial score (nSPS) is 22.5. The SMILES string of the molecule is C1CC2CCC1C2.CCC(C)(C)C(=O)OC.CCNS(C)(=O)=O. The lowest BCUT2D eigenvalue weighted by atomic mass is 9.91. The second kappa shape index (κ2) is 10.3. The number of ether oxygens (including phenoxy) is 1. The summed E-state index contributed by atoms with van der Waals surface area (Å²) in [6.45, 7) is 7.93. The average Bonchev–Trinajstić information content (AvgIpc) is 3.11. The summed E-state index contributed by atoms with van der Waals surface area (Å²) in [6.07, 6.45) is 9.78. The van der Waals surface area contributed by atoms with Crippen molar-refractivity contribution in [3.63, 3.8) is 0 Å². The molecule has 23 heavy (non-hydrogen) atoms. The van der Waals surface area contributed by atoms with Crippen molar-refractivity contribution in [3.8, 4) is 0 Å². The molecule has 2 bridgehead atoms. The van der Waals surface area contributed by atoms with Crippen molar-refractivity contribution in [2.45, 2.75) is 66.2 Å². The van der Waals surface area contributed by atoms with Gasteiger partial charge in [-0.3, -0.25) is 4.79 Å². The minimum absolute atomic E-state index is 0.134. The van der Waals surface area contributed by atoms with E-state index in [2.05, 4.69) is 9.46 Å². The van der Waals surface area contributed by atoms with E-state index in [1.54, 1.807) is 39.0 Å². The van der Waals surface area contributed by atoms with Crippen LogP contribution in [0.5, 0.6) is 0 Å². The van der Waals surface area contributed by atoms with Crippen LogP contribution >= 0.6 is 0 Å². The number of rotatable bonds is 4. The Morgan fingerprint density at radius 1 is 1.13 bits per heavy atom. The number of carbonyl (C=O) groups excluding carboxylic acids is 1. The first kappa shape index (κ1) is 22.4. The molecule has 0 spiro atoms. The first-order valence-corrected chi connectivity index (χ1v) is 10.5. The molecule has 0 aromatic carbocycles. The predicted octanol–water partition coefficient (Wildman–Crippen LogP) is 3.35. The third-order valence-corrected chi connectivity index (χ3v) is 5.47. The molecule has 6 heteroatoms. The van der Waals surface area contributed by atoms with Crippen LogP contribution in [0.15, 0.2) is 0 Å². The van der Waals surface area contributed by atoms with Gasteiger partial charge in [0, 0.05) is 6.54 Å². The summed E-state index contributed by atoms with van der Waals surface area (Å²) in [5.41, 5.74) is -0.311. The van der Waals surface area contributed by atoms with E-state index >= 15 is 0 Å². The van der Waals surface area contributed by atoms with Crippen LogP contribution in [0.4, 0.5) is 0 Å². The van der Waals surface area contributed by atoms with Gasteiger partial charge in [0.2, 0.25) is 10.0 Å². The number of hydrogen-bond donors (Lipinski definition) is 1. The van der Waals surface area contributed by atoms with E-state index in [9.17, 15) is 13.2 Å². The molecule has 2 saturated carbocycles. The first-order valence-electron chi connectivity index (χ1n) is 8.58. The van der Waals surface area contributed by atoms with Gasteiger partial charge in [-0.25, -0.2) is 13.1 Å². The third-order valence-electron chi connectivity index (χ3n) is 4.66. The monoisotopic (exact) mass is 349 g/mol. The van der Waals surface area contributed by atoms with Crippen LogP contribution in [0.2, 0.25) is 0 Å². The summed E-state index contributed by atoms with van der Waals surface area (Å²) < 4.78 is 27.1. The van der Waals surface area contributed by atoms with Gasteiger partial charge in [0.25, 0.3) is 0 Å². The van der Waals surface area contributed by atoms with Gasteiger partial charge in [-0.2, -0.15) is 0 Å². The fraction of sp³-hybridized carbons (Fsp3) is 0.941. The lowest BCUT2D eigenvalue weighted by molar-refractivity contribution is -0.150. The summed E-state index contributed by atoms with van der Waals surface area (Å²) >= 11 is 0. The highest BCUT2D eigenvalue weighted by Crippen LogP contribution is 2.43. The van der Waals surface area contributed by atoms with Crippen LogP contribution in [0.3, 0.4) is 0 Å². The van der Waals surface area contributed by atoms with Crippen LogP contribution in [-0.2, 0) is 19.6 Å². The standard InChI is InChI=1S/C7H14O2.C7H12.C3H9NO2S/c1-5-7(2,3)6(8)9-4;1-2-7-4-3-6(1)5-7;1-3-4-7(2,5)6/h5H2,1-4H3;6-7H,1-5H2;4H,3H2,1-2H3. The Labute approximate surface area is 142 Å². The second-order valence-corrected chi connectivity index (χ2v) is 8.95. The zero-order valence-electron chi connectivity index (χ0n) is 15.6. The van der Waals surface area contributed by atoms with Gasteiger partial charge in [0.1, 0.15) is 0 Å². The number of carbonyl (C=O) groups is 1. The van der Waals surface area contributed by atoms with Crippen LogP contribution in [0.25, 0.3) is 0 Å². The molecule has 5 nitrogen and oxygen atoms in total. The quantitative estimate of drug-likeness (QED) is 0.790. The van der Waals surface area contributed by atoms with Crippen molar-refractivity contribution in [1.29, 1.82) is 0 Å². The minimum atomic E-state index is -2.92. The number of fused-ring (bicyclic) bond motifs is 2. The van der Waals surface area contributed by atoms with Crippen molar-refractivity contribution in [2.75, 3.05) is 19.9 Å². The van der Waals surface area contributed by atoms with Gasteiger partial charge in [0.05, 0.1) is 18.8 Å². The van der Waals surface area contributed by atoms with E-state index in [4.69, 9.17) is 0 Å². The minimum Gasteiger partial charge on any atom is -0.469 e. The fourth-order valence-corrected chi connectivity index (χ4v) is 3.38. The van der Waals surface area contributed by atoms with Gasteiger partial charge < -0.3 is 4.74 Å². The largest absolute Gasteiger partial charge is 0.469 e. The van der Waals surface area contributed by atoms with Crippen molar-refractivity contribution >= 4 is 16.0 Å². The number of esters is 1. The van der Waals surface area contributed by atoms with E-state index in [-0.39, 0.29) is 11.4 Å². The maximum Gasteiger partial charge on any atom is 0.311 e. The van der Waals surface area contributed by atoms with E-state index in [0.717, 1.165) is 12.7 Å². The zero-order valence-corrected chi connectivity index (χ0v) is 16.5. The van der Waals surface area contributed by atoms with Gasteiger partial charge in [0.15, 0.2) is 0 Å². The maximum atomic E-state index is 10.8. The molecular weight excluding hydrogens is 314 g/mol. The molecule has 0 unspecified atom stereocenters. The van der Waals surface area contributed by atoms with Crippen molar-refractivity contribution < 1.29 is 17.9 Å². The molecule has 0 radical (unpaired) electrons. The number of sulfonamides is 1. The van der Waals surface area contributed by atoms with Gasteiger partial charge >= 0.3 is 5.97 Å². The molecule has 2 rings (SSSR count). The topological polar surface area (TPSA) is 72.5 Å². The van der Waals surface area contributed by atoms with Crippen LogP contribution < -0.4 is 4.72 Å². The van der Waals surface area contributed by atoms with Crippen LogP contribution in [0, 0.1) is 17.3 Å². The van der Waals surface area contributed by atoms with Gasteiger partial charge in [-0.1, -0.05) is 39.5 Å². The van der Waals surface area contributed by atoms with Gasteiger partial charge in [-0.05, 0) is 38.5 Å². The molecule has 2 aliphatic carbocycles. The summed E-state index contributed by atoms with van der Waals surface area (Å²) in [5.74, 6) is 2.21.